The number of nitrogens with zero attached hydrogens (tertiary/aromatic N) is 5. The van der Waals surface area contributed by atoms with E-state index < -0.39 is 0 Å². The van der Waals surface area contributed by atoms with Gasteiger partial charge in [0, 0.05) is 56.7 Å². The van der Waals surface area contributed by atoms with E-state index in [4.69, 9.17) is 9.97 Å². The maximum atomic E-state index is 4.89. The van der Waals surface area contributed by atoms with E-state index in [0.717, 1.165) is 56.7 Å². The van der Waals surface area contributed by atoms with Crippen LogP contribution in [0.1, 0.15) is 29.7 Å². The van der Waals surface area contributed by atoms with Gasteiger partial charge >= 0.3 is 0 Å². The predicted octanol–water partition coefficient (Wildman–Crippen LogP) is 3.33. The van der Waals surface area contributed by atoms with Gasteiger partial charge in [-0.15, -0.1) is 0 Å². The van der Waals surface area contributed by atoms with E-state index in [1.54, 1.807) is 0 Å². The number of anilines is 3. The van der Waals surface area contributed by atoms with Gasteiger partial charge < -0.3 is 14.7 Å². The fourth-order valence-corrected chi connectivity index (χ4v) is 4.01. The number of rotatable bonds is 3. The quantitative estimate of drug-likeness (QED) is 0.848. The number of piperazine rings is 1. The van der Waals surface area contributed by atoms with Gasteiger partial charge in [-0.3, -0.25) is 0 Å². The van der Waals surface area contributed by atoms with Gasteiger partial charge in [0.25, 0.3) is 0 Å². The lowest BCUT2D eigenvalue weighted by molar-refractivity contribution is 0.637. The first kappa shape index (κ1) is 17.1. The van der Waals surface area contributed by atoms with E-state index in [9.17, 15) is 0 Å². The maximum absolute atomic E-state index is 4.89. The maximum Gasteiger partial charge on any atom is 0.227 e. The average Bonchev–Trinajstić information content (AvgIpc) is 3.19. The molecule has 4 rings (SSSR count). The van der Waals surface area contributed by atoms with Crippen molar-refractivity contribution < 1.29 is 0 Å². The second-order valence-corrected chi connectivity index (χ2v) is 7.55. The topological polar surface area (TPSA) is 35.5 Å². The Labute approximate surface area is 156 Å². The highest BCUT2D eigenvalue weighted by Gasteiger charge is 2.22. The minimum absolute atomic E-state index is 0.896. The Morgan fingerprint density at radius 2 is 1.46 bits per heavy atom. The standard InChI is InChI=1S/C21H29N5/c1-16-7-6-8-19(18(16)3)24-11-13-26(14-12-24)21-22-17(2)15-20(23-21)25-9-4-5-10-25/h6-8,15H,4-5,9-14H2,1-3H3. The van der Waals surface area contributed by atoms with Crippen LogP contribution in [0.3, 0.4) is 0 Å². The molecule has 0 unspecified atom stereocenters. The van der Waals surface area contributed by atoms with Crippen molar-refractivity contribution in [1.29, 1.82) is 0 Å². The molecule has 2 saturated heterocycles. The van der Waals surface area contributed by atoms with E-state index in [1.807, 2.05) is 0 Å². The number of aryl methyl sites for hydroxylation is 2. The van der Waals surface area contributed by atoms with Crippen LogP contribution in [0.2, 0.25) is 0 Å². The molecular weight excluding hydrogens is 322 g/mol. The Hall–Kier alpha value is -2.30. The first-order valence-electron chi connectivity index (χ1n) is 9.78. The van der Waals surface area contributed by atoms with Crippen LogP contribution < -0.4 is 14.7 Å². The van der Waals surface area contributed by atoms with Gasteiger partial charge in [0.1, 0.15) is 5.82 Å². The highest BCUT2D eigenvalue weighted by molar-refractivity contribution is 5.57. The van der Waals surface area contributed by atoms with Crippen molar-refractivity contribution >= 4 is 17.5 Å². The average molecular weight is 351 g/mol. The first-order chi connectivity index (χ1) is 12.6. The van der Waals surface area contributed by atoms with Crippen LogP contribution in [-0.4, -0.2) is 49.2 Å². The van der Waals surface area contributed by atoms with E-state index in [1.165, 1.54) is 29.7 Å². The van der Waals surface area contributed by atoms with Crippen LogP contribution in [0.5, 0.6) is 0 Å². The van der Waals surface area contributed by atoms with E-state index >= 15 is 0 Å². The van der Waals surface area contributed by atoms with Gasteiger partial charge in [-0.25, -0.2) is 4.98 Å². The Bertz CT molecular complexity index is 774. The van der Waals surface area contributed by atoms with Gasteiger partial charge in [-0.1, -0.05) is 12.1 Å². The van der Waals surface area contributed by atoms with Crippen LogP contribution in [0, 0.1) is 20.8 Å². The molecular formula is C21H29N5. The summed E-state index contributed by atoms with van der Waals surface area (Å²) >= 11 is 0. The molecule has 0 radical (unpaired) electrons. The summed E-state index contributed by atoms with van der Waals surface area (Å²) in [5, 5.41) is 0. The predicted molar refractivity (Wildman–Crippen MR) is 109 cm³/mol. The van der Waals surface area contributed by atoms with E-state index in [0.29, 0.717) is 0 Å². The summed E-state index contributed by atoms with van der Waals surface area (Å²) in [7, 11) is 0. The fourth-order valence-electron chi connectivity index (χ4n) is 4.01. The Kier molecular flexibility index (Phi) is 4.70. The van der Waals surface area contributed by atoms with Crippen LogP contribution in [0.25, 0.3) is 0 Å². The molecule has 0 amide bonds. The minimum atomic E-state index is 0.896. The normalized spacial score (nSPS) is 17.9. The Morgan fingerprint density at radius 1 is 0.769 bits per heavy atom. The molecule has 2 aromatic rings. The van der Waals surface area contributed by atoms with Gasteiger partial charge in [-0.05, 0) is 50.8 Å². The molecule has 0 atom stereocenters. The molecule has 2 aliphatic heterocycles. The molecule has 0 spiro atoms. The number of benzene rings is 1. The van der Waals surface area contributed by atoms with Crippen molar-refractivity contribution in [2.24, 2.45) is 0 Å². The van der Waals surface area contributed by atoms with Crippen molar-refractivity contribution in [1.82, 2.24) is 9.97 Å². The molecule has 5 nitrogen and oxygen atoms in total. The van der Waals surface area contributed by atoms with Crippen molar-refractivity contribution in [3.8, 4) is 0 Å². The molecule has 5 heteroatoms. The molecule has 0 aliphatic carbocycles. The molecule has 0 bridgehead atoms. The molecule has 3 heterocycles. The summed E-state index contributed by atoms with van der Waals surface area (Å²) in [6, 6.07) is 8.72. The molecule has 138 valence electrons. The number of hydrogen-bond donors (Lipinski definition) is 0. The van der Waals surface area contributed by atoms with Gasteiger partial charge in [0.15, 0.2) is 0 Å². The summed E-state index contributed by atoms with van der Waals surface area (Å²) in [6.07, 6.45) is 2.54. The van der Waals surface area contributed by atoms with Crippen molar-refractivity contribution in [3.63, 3.8) is 0 Å². The van der Waals surface area contributed by atoms with Crippen molar-refractivity contribution in [2.75, 3.05) is 54.0 Å². The summed E-state index contributed by atoms with van der Waals surface area (Å²) in [5.41, 5.74) is 5.19. The lowest BCUT2D eigenvalue weighted by Crippen LogP contribution is -2.47. The SMILES string of the molecule is Cc1cc(N2CCCC2)nc(N2CCN(c3cccc(C)c3C)CC2)n1. The zero-order valence-corrected chi connectivity index (χ0v) is 16.2. The zero-order chi connectivity index (χ0) is 18.1. The van der Waals surface area contributed by atoms with E-state index in [2.05, 4.69) is 59.7 Å². The van der Waals surface area contributed by atoms with Crippen LogP contribution in [0.4, 0.5) is 17.5 Å². The minimum Gasteiger partial charge on any atom is -0.368 e. The summed E-state index contributed by atoms with van der Waals surface area (Å²) in [4.78, 5) is 16.8. The highest BCUT2D eigenvalue weighted by atomic mass is 15.3. The Balaban J connectivity index is 1.48. The van der Waals surface area contributed by atoms with Crippen LogP contribution in [-0.2, 0) is 0 Å². The third-order valence-electron chi connectivity index (χ3n) is 5.74. The van der Waals surface area contributed by atoms with Crippen molar-refractivity contribution in [3.05, 3.63) is 41.1 Å². The third-order valence-corrected chi connectivity index (χ3v) is 5.74. The molecule has 2 fully saturated rings. The lowest BCUT2D eigenvalue weighted by Gasteiger charge is -2.37. The fraction of sp³-hybridized carbons (Fsp3) is 0.524. The lowest BCUT2D eigenvalue weighted by atomic mass is 10.1. The van der Waals surface area contributed by atoms with Crippen LogP contribution >= 0.6 is 0 Å². The van der Waals surface area contributed by atoms with Crippen LogP contribution in [0.15, 0.2) is 24.3 Å². The largest absolute Gasteiger partial charge is 0.368 e. The third kappa shape index (κ3) is 3.35. The first-order valence-corrected chi connectivity index (χ1v) is 9.78. The molecule has 0 saturated carbocycles. The van der Waals surface area contributed by atoms with Gasteiger partial charge in [-0.2, -0.15) is 4.98 Å². The summed E-state index contributed by atoms with van der Waals surface area (Å²) < 4.78 is 0. The smallest absolute Gasteiger partial charge is 0.227 e. The molecule has 0 N–H and O–H groups in total. The van der Waals surface area contributed by atoms with Crippen molar-refractivity contribution in [2.45, 2.75) is 33.6 Å². The number of aromatic nitrogens is 2. The van der Waals surface area contributed by atoms with E-state index in [-0.39, 0.29) is 0 Å². The highest BCUT2D eigenvalue weighted by Crippen LogP contribution is 2.26. The zero-order valence-electron chi connectivity index (χ0n) is 16.2. The monoisotopic (exact) mass is 351 g/mol. The second-order valence-electron chi connectivity index (χ2n) is 7.55. The number of hydrogen-bond acceptors (Lipinski definition) is 5. The molecule has 1 aromatic heterocycles. The summed E-state index contributed by atoms with van der Waals surface area (Å²) in [5.74, 6) is 1.99. The second kappa shape index (κ2) is 7.14. The van der Waals surface area contributed by atoms with Gasteiger partial charge in [0.2, 0.25) is 5.95 Å². The molecule has 1 aromatic carbocycles. The molecule has 2 aliphatic rings. The summed E-state index contributed by atoms with van der Waals surface area (Å²) in [6.45, 7) is 12.7. The molecule has 26 heavy (non-hydrogen) atoms. The Morgan fingerprint density at radius 3 is 2.19 bits per heavy atom. The van der Waals surface area contributed by atoms with Gasteiger partial charge in [0.05, 0.1) is 0 Å².